The zero-order valence-corrected chi connectivity index (χ0v) is 13.3. The zero-order chi connectivity index (χ0) is 14.8. The topological polar surface area (TPSA) is 0 Å². The van der Waals surface area contributed by atoms with Crippen LogP contribution in [0.5, 0.6) is 0 Å². The van der Waals surface area contributed by atoms with Gasteiger partial charge < -0.3 is 0 Å². The summed E-state index contributed by atoms with van der Waals surface area (Å²) in [6, 6.07) is 20.6. The number of fused-ring (bicyclic) bond motifs is 1. The average Bonchev–Trinajstić information content (AvgIpc) is 2.49. The smallest absolute Gasteiger partial charge is 0.0634 e. The Morgan fingerprint density at radius 1 is 0.905 bits per heavy atom. The van der Waals surface area contributed by atoms with Crippen molar-refractivity contribution >= 4 is 34.0 Å². The molecule has 1 unspecified atom stereocenters. The molecule has 3 aromatic rings. The summed E-state index contributed by atoms with van der Waals surface area (Å²) in [5, 5.41) is 3.19. The third kappa shape index (κ3) is 3.07. The lowest BCUT2D eigenvalue weighted by Gasteiger charge is -2.16. The standard InChI is InChI=1S/C19H16Cl2/c1-13-6-9-15-4-2-3-5-17(15)19(13)18(21)12-14-7-10-16(20)11-8-14/h2-11,18H,12H2,1H3. The van der Waals surface area contributed by atoms with E-state index < -0.39 is 0 Å². The predicted octanol–water partition coefficient (Wildman–Crippen LogP) is 6.32. The van der Waals surface area contributed by atoms with E-state index in [0.717, 1.165) is 11.4 Å². The van der Waals surface area contributed by atoms with Crippen LogP contribution >= 0.6 is 23.2 Å². The second-order valence-electron chi connectivity index (χ2n) is 5.32. The van der Waals surface area contributed by atoms with Gasteiger partial charge in [0.15, 0.2) is 0 Å². The quantitative estimate of drug-likeness (QED) is 0.496. The minimum atomic E-state index is -0.0442. The molecule has 0 heterocycles. The summed E-state index contributed by atoms with van der Waals surface area (Å²) < 4.78 is 0. The first kappa shape index (κ1) is 14.4. The van der Waals surface area contributed by atoms with E-state index in [1.807, 2.05) is 24.3 Å². The Morgan fingerprint density at radius 3 is 2.38 bits per heavy atom. The average molecular weight is 315 g/mol. The van der Waals surface area contributed by atoms with Crippen molar-refractivity contribution in [2.75, 3.05) is 0 Å². The molecule has 3 aromatic carbocycles. The highest BCUT2D eigenvalue weighted by molar-refractivity contribution is 6.30. The summed E-state index contributed by atoms with van der Waals surface area (Å²) in [4.78, 5) is 0. The molecular formula is C19H16Cl2. The van der Waals surface area contributed by atoms with E-state index in [0.29, 0.717) is 0 Å². The molecule has 0 aliphatic heterocycles. The third-order valence-corrected chi connectivity index (χ3v) is 4.45. The minimum absolute atomic E-state index is 0.0442. The molecule has 0 nitrogen and oxygen atoms in total. The van der Waals surface area contributed by atoms with Gasteiger partial charge in [0.2, 0.25) is 0 Å². The van der Waals surface area contributed by atoms with Crippen molar-refractivity contribution in [2.45, 2.75) is 18.7 Å². The van der Waals surface area contributed by atoms with Crippen LogP contribution in [0.3, 0.4) is 0 Å². The Kier molecular flexibility index (Phi) is 4.19. The monoisotopic (exact) mass is 314 g/mol. The van der Waals surface area contributed by atoms with Gasteiger partial charge in [-0.2, -0.15) is 0 Å². The Bertz CT molecular complexity index is 760. The van der Waals surface area contributed by atoms with Crippen LogP contribution < -0.4 is 0 Å². The molecule has 3 rings (SSSR count). The van der Waals surface area contributed by atoms with E-state index in [1.54, 1.807) is 0 Å². The van der Waals surface area contributed by atoms with E-state index in [4.69, 9.17) is 23.2 Å². The van der Waals surface area contributed by atoms with Crippen molar-refractivity contribution in [3.63, 3.8) is 0 Å². The summed E-state index contributed by atoms with van der Waals surface area (Å²) in [5.74, 6) is 0. The van der Waals surface area contributed by atoms with Crippen LogP contribution in [-0.4, -0.2) is 0 Å². The first-order chi connectivity index (χ1) is 10.1. The summed E-state index contributed by atoms with van der Waals surface area (Å²) in [6.45, 7) is 2.12. The largest absolute Gasteiger partial charge is 0.117 e. The molecule has 0 aromatic heterocycles. The summed E-state index contributed by atoms with van der Waals surface area (Å²) in [7, 11) is 0. The van der Waals surface area contributed by atoms with Crippen molar-refractivity contribution in [1.29, 1.82) is 0 Å². The van der Waals surface area contributed by atoms with Gasteiger partial charge in [-0.1, -0.05) is 60.1 Å². The lowest BCUT2D eigenvalue weighted by Crippen LogP contribution is -2.00. The number of hydrogen-bond acceptors (Lipinski definition) is 0. The van der Waals surface area contributed by atoms with Crippen LogP contribution in [0.4, 0.5) is 0 Å². The molecular weight excluding hydrogens is 299 g/mol. The van der Waals surface area contributed by atoms with Crippen molar-refractivity contribution in [2.24, 2.45) is 0 Å². The maximum Gasteiger partial charge on any atom is 0.0634 e. The second-order valence-corrected chi connectivity index (χ2v) is 6.28. The van der Waals surface area contributed by atoms with Gasteiger partial charge in [0.25, 0.3) is 0 Å². The highest BCUT2D eigenvalue weighted by Crippen LogP contribution is 2.34. The minimum Gasteiger partial charge on any atom is -0.117 e. The lowest BCUT2D eigenvalue weighted by molar-refractivity contribution is 0.919. The Balaban J connectivity index is 1.99. The van der Waals surface area contributed by atoms with Gasteiger partial charge in [-0.3, -0.25) is 0 Å². The van der Waals surface area contributed by atoms with Gasteiger partial charge >= 0.3 is 0 Å². The van der Waals surface area contributed by atoms with Gasteiger partial charge in [0, 0.05) is 5.02 Å². The first-order valence-corrected chi connectivity index (χ1v) is 7.83. The van der Waals surface area contributed by atoms with Crippen molar-refractivity contribution < 1.29 is 0 Å². The molecule has 106 valence electrons. The molecule has 1 atom stereocenters. The van der Waals surface area contributed by atoms with Crippen LogP contribution in [0.15, 0.2) is 60.7 Å². The number of halogens is 2. The highest BCUT2D eigenvalue weighted by atomic mass is 35.5. The van der Waals surface area contributed by atoms with Gasteiger partial charge in [-0.05, 0) is 52.9 Å². The zero-order valence-electron chi connectivity index (χ0n) is 11.8. The van der Waals surface area contributed by atoms with Crippen LogP contribution in [0.1, 0.15) is 22.1 Å². The molecule has 0 amide bonds. The fourth-order valence-corrected chi connectivity index (χ4v) is 3.34. The van der Waals surface area contributed by atoms with E-state index in [1.165, 1.54) is 27.5 Å². The number of alkyl halides is 1. The molecule has 0 saturated carbocycles. The van der Waals surface area contributed by atoms with Gasteiger partial charge in [-0.15, -0.1) is 11.6 Å². The van der Waals surface area contributed by atoms with E-state index >= 15 is 0 Å². The molecule has 0 saturated heterocycles. The van der Waals surface area contributed by atoms with Gasteiger partial charge in [0.1, 0.15) is 0 Å². The Morgan fingerprint density at radius 2 is 1.62 bits per heavy atom. The van der Waals surface area contributed by atoms with Crippen LogP contribution in [0.25, 0.3) is 10.8 Å². The number of hydrogen-bond donors (Lipinski definition) is 0. The van der Waals surface area contributed by atoms with Gasteiger partial charge in [0.05, 0.1) is 5.38 Å². The van der Waals surface area contributed by atoms with Gasteiger partial charge in [-0.25, -0.2) is 0 Å². The fraction of sp³-hybridized carbons (Fsp3) is 0.158. The molecule has 0 aliphatic rings. The fourth-order valence-electron chi connectivity index (χ4n) is 2.75. The van der Waals surface area contributed by atoms with E-state index in [9.17, 15) is 0 Å². The van der Waals surface area contributed by atoms with E-state index in [-0.39, 0.29) is 5.38 Å². The number of rotatable bonds is 3. The number of aryl methyl sites for hydroxylation is 1. The normalized spacial score (nSPS) is 12.5. The molecule has 0 bridgehead atoms. The Hall–Kier alpha value is -1.50. The maximum atomic E-state index is 6.73. The van der Waals surface area contributed by atoms with Crippen LogP contribution in [-0.2, 0) is 6.42 Å². The maximum absolute atomic E-state index is 6.73. The molecule has 0 fully saturated rings. The molecule has 2 heteroatoms. The second kappa shape index (κ2) is 6.09. The van der Waals surface area contributed by atoms with Crippen molar-refractivity contribution in [3.8, 4) is 0 Å². The highest BCUT2D eigenvalue weighted by Gasteiger charge is 2.15. The van der Waals surface area contributed by atoms with Crippen molar-refractivity contribution in [1.82, 2.24) is 0 Å². The van der Waals surface area contributed by atoms with Crippen molar-refractivity contribution in [3.05, 3.63) is 82.4 Å². The predicted molar refractivity (Wildman–Crippen MR) is 92.4 cm³/mol. The molecule has 0 N–H and O–H groups in total. The molecule has 0 aliphatic carbocycles. The summed E-state index contributed by atoms with van der Waals surface area (Å²) in [6.07, 6.45) is 0.799. The molecule has 21 heavy (non-hydrogen) atoms. The number of benzene rings is 3. The summed E-state index contributed by atoms with van der Waals surface area (Å²) in [5.41, 5.74) is 3.67. The first-order valence-electron chi connectivity index (χ1n) is 7.02. The SMILES string of the molecule is Cc1ccc2ccccc2c1C(Cl)Cc1ccc(Cl)cc1. The molecule has 0 spiro atoms. The molecule has 0 radical (unpaired) electrons. The lowest BCUT2D eigenvalue weighted by atomic mass is 9.94. The van der Waals surface area contributed by atoms with E-state index in [2.05, 4.69) is 43.3 Å². The van der Waals surface area contributed by atoms with Crippen LogP contribution in [0, 0.1) is 6.92 Å². The van der Waals surface area contributed by atoms with Crippen LogP contribution in [0.2, 0.25) is 5.02 Å². The summed E-state index contributed by atoms with van der Waals surface area (Å²) >= 11 is 12.7. The Labute approximate surface area is 135 Å². The third-order valence-electron chi connectivity index (χ3n) is 3.83.